The van der Waals surface area contributed by atoms with Gasteiger partial charge in [0.1, 0.15) is 10.6 Å². The zero-order chi connectivity index (χ0) is 25.2. The summed E-state index contributed by atoms with van der Waals surface area (Å²) in [4.78, 5) is 54.6. The van der Waals surface area contributed by atoms with Gasteiger partial charge in [0.25, 0.3) is 5.91 Å². The van der Waals surface area contributed by atoms with Crippen LogP contribution in [0.25, 0.3) is 0 Å². The molecule has 0 aliphatic rings. The lowest BCUT2D eigenvalue weighted by atomic mass is 10.2. The number of ether oxygens (including phenoxy) is 3. The molecule has 0 saturated carbocycles. The molecule has 0 atom stereocenters. The van der Waals surface area contributed by atoms with Gasteiger partial charge in [0.05, 0.1) is 24.4 Å². The number of aryl methyl sites for hydroxylation is 1. The van der Waals surface area contributed by atoms with Crippen LogP contribution in [-0.4, -0.2) is 48.9 Å². The van der Waals surface area contributed by atoms with Crippen LogP contribution < -0.4 is 9.64 Å². The zero-order valence-electron chi connectivity index (χ0n) is 19.3. The molecule has 3 aromatic rings. The fraction of sp³-hybridized carbons (Fsp3) is 0.240. The predicted molar refractivity (Wildman–Crippen MR) is 129 cm³/mol. The standard InChI is InChI=1S/C25H24N2O7S/c1-3-32-24(31)23-17(2)26-25(35-23)27(13-18-9-5-4-6-10-18)21(29)15-34-22(30)16-33-20-12-8-7-11-19(20)14-28/h4-12,14H,3,13,15-16H2,1-2H3. The minimum atomic E-state index is -0.777. The SMILES string of the molecule is CCOC(=O)c1sc(N(Cc2ccccc2)C(=O)COC(=O)COc2ccccc2C=O)nc1C. The van der Waals surface area contributed by atoms with Crippen molar-refractivity contribution < 1.29 is 33.4 Å². The number of esters is 2. The minimum absolute atomic E-state index is 0.162. The average Bonchev–Trinajstić information content (AvgIpc) is 3.26. The number of anilines is 1. The molecule has 0 saturated heterocycles. The van der Waals surface area contributed by atoms with Gasteiger partial charge < -0.3 is 14.2 Å². The molecule has 35 heavy (non-hydrogen) atoms. The zero-order valence-corrected chi connectivity index (χ0v) is 20.1. The highest BCUT2D eigenvalue weighted by Crippen LogP contribution is 2.28. The Kier molecular flexibility index (Phi) is 9.08. The number of para-hydroxylation sites is 1. The van der Waals surface area contributed by atoms with E-state index < -0.39 is 31.1 Å². The lowest BCUT2D eigenvalue weighted by Crippen LogP contribution is -2.35. The Bertz CT molecular complexity index is 1190. The van der Waals surface area contributed by atoms with Crippen molar-refractivity contribution in [1.29, 1.82) is 0 Å². The number of hydrogen-bond donors (Lipinski definition) is 0. The molecule has 10 heteroatoms. The monoisotopic (exact) mass is 496 g/mol. The van der Waals surface area contributed by atoms with Gasteiger partial charge in [-0.1, -0.05) is 53.8 Å². The van der Waals surface area contributed by atoms with Crippen molar-refractivity contribution in [1.82, 2.24) is 4.98 Å². The van der Waals surface area contributed by atoms with E-state index in [1.165, 1.54) is 4.90 Å². The Morgan fingerprint density at radius 1 is 1.00 bits per heavy atom. The number of carbonyl (C=O) groups excluding carboxylic acids is 4. The summed E-state index contributed by atoms with van der Waals surface area (Å²) in [5, 5.41) is 0.284. The molecular weight excluding hydrogens is 472 g/mol. The third kappa shape index (κ3) is 6.97. The van der Waals surface area contributed by atoms with E-state index in [9.17, 15) is 19.2 Å². The number of rotatable bonds is 11. The molecule has 1 heterocycles. The van der Waals surface area contributed by atoms with Crippen LogP contribution in [0.5, 0.6) is 5.75 Å². The number of thiazole rings is 1. The number of carbonyl (C=O) groups is 4. The first-order valence-corrected chi connectivity index (χ1v) is 11.6. The first kappa shape index (κ1) is 25.6. The van der Waals surface area contributed by atoms with E-state index in [0.29, 0.717) is 22.4 Å². The van der Waals surface area contributed by atoms with Crippen LogP contribution in [0.1, 0.15) is 38.2 Å². The molecule has 9 nitrogen and oxygen atoms in total. The van der Waals surface area contributed by atoms with Gasteiger partial charge in [-0.3, -0.25) is 14.5 Å². The molecule has 0 bridgehead atoms. The van der Waals surface area contributed by atoms with Gasteiger partial charge in [-0.05, 0) is 31.5 Å². The van der Waals surface area contributed by atoms with Crippen LogP contribution in [0.4, 0.5) is 5.13 Å². The van der Waals surface area contributed by atoms with Gasteiger partial charge in [0, 0.05) is 0 Å². The molecule has 1 amide bonds. The van der Waals surface area contributed by atoms with Gasteiger partial charge in [-0.25, -0.2) is 14.6 Å². The fourth-order valence-corrected chi connectivity index (χ4v) is 4.00. The molecule has 182 valence electrons. The van der Waals surface area contributed by atoms with Crippen LogP contribution >= 0.6 is 11.3 Å². The summed E-state index contributed by atoms with van der Waals surface area (Å²) in [5.41, 5.74) is 1.56. The van der Waals surface area contributed by atoms with Crippen LogP contribution in [0.15, 0.2) is 54.6 Å². The molecule has 0 aliphatic heterocycles. The van der Waals surface area contributed by atoms with E-state index >= 15 is 0 Å². The van der Waals surface area contributed by atoms with Crippen LogP contribution in [0.2, 0.25) is 0 Å². The Morgan fingerprint density at radius 3 is 2.43 bits per heavy atom. The summed E-state index contributed by atoms with van der Waals surface area (Å²) in [6, 6.07) is 15.7. The third-order valence-corrected chi connectivity index (χ3v) is 5.87. The molecule has 0 fully saturated rings. The van der Waals surface area contributed by atoms with E-state index in [1.807, 2.05) is 30.3 Å². The topological polar surface area (TPSA) is 112 Å². The lowest BCUT2D eigenvalue weighted by molar-refractivity contribution is -0.149. The van der Waals surface area contributed by atoms with Gasteiger partial charge in [0.15, 0.2) is 24.6 Å². The summed E-state index contributed by atoms with van der Waals surface area (Å²) in [7, 11) is 0. The number of aldehydes is 1. The van der Waals surface area contributed by atoms with Gasteiger partial charge in [-0.15, -0.1) is 0 Å². The smallest absolute Gasteiger partial charge is 0.350 e. The van der Waals surface area contributed by atoms with Crippen LogP contribution in [-0.2, 0) is 25.6 Å². The highest BCUT2D eigenvalue weighted by Gasteiger charge is 2.25. The number of benzene rings is 2. The highest BCUT2D eigenvalue weighted by atomic mass is 32.1. The molecular formula is C25H24N2O7S. The maximum absolute atomic E-state index is 13.1. The molecule has 2 aromatic carbocycles. The largest absolute Gasteiger partial charge is 0.481 e. The number of hydrogen-bond acceptors (Lipinski definition) is 9. The lowest BCUT2D eigenvalue weighted by Gasteiger charge is -2.20. The second-order valence-corrected chi connectivity index (χ2v) is 8.18. The quantitative estimate of drug-likeness (QED) is 0.292. The Hall–Kier alpha value is -4.05. The minimum Gasteiger partial charge on any atom is -0.481 e. The Balaban J connectivity index is 1.70. The average molecular weight is 497 g/mol. The highest BCUT2D eigenvalue weighted by molar-refractivity contribution is 7.17. The molecule has 3 rings (SSSR count). The Morgan fingerprint density at radius 2 is 1.71 bits per heavy atom. The van der Waals surface area contributed by atoms with Gasteiger partial charge >= 0.3 is 11.9 Å². The maximum atomic E-state index is 13.1. The number of nitrogens with zero attached hydrogens (tertiary/aromatic N) is 2. The summed E-state index contributed by atoms with van der Waals surface area (Å²) in [6.45, 7) is 2.71. The normalized spacial score (nSPS) is 10.3. The molecule has 0 aliphatic carbocycles. The van der Waals surface area contributed by atoms with Crippen molar-refractivity contribution in [2.75, 3.05) is 24.7 Å². The summed E-state index contributed by atoms with van der Waals surface area (Å²) in [5.74, 6) is -1.58. The Labute approximate surface area is 206 Å². The number of amides is 1. The second-order valence-electron chi connectivity index (χ2n) is 7.20. The van der Waals surface area contributed by atoms with E-state index in [-0.39, 0.29) is 24.0 Å². The van der Waals surface area contributed by atoms with Crippen LogP contribution in [0, 0.1) is 6.92 Å². The predicted octanol–water partition coefficient (Wildman–Crippen LogP) is 3.60. The van der Waals surface area contributed by atoms with Gasteiger partial charge in [-0.2, -0.15) is 0 Å². The molecule has 0 radical (unpaired) electrons. The van der Waals surface area contributed by atoms with Crippen molar-refractivity contribution in [2.45, 2.75) is 20.4 Å². The fourth-order valence-electron chi connectivity index (χ4n) is 3.02. The second kappa shape index (κ2) is 12.4. The van der Waals surface area contributed by atoms with Crippen LogP contribution in [0.3, 0.4) is 0 Å². The first-order valence-electron chi connectivity index (χ1n) is 10.7. The summed E-state index contributed by atoms with van der Waals surface area (Å²) < 4.78 is 15.5. The molecule has 1 aromatic heterocycles. The molecule has 0 spiro atoms. The third-order valence-electron chi connectivity index (χ3n) is 4.71. The van der Waals surface area contributed by atoms with Crippen molar-refractivity contribution in [3.63, 3.8) is 0 Å². The maximum Gasteiger partial charge on any atom is 0.350 e. The summed E-state index contributed by atoms with van der Waals surface area (Å²) >= 11 is 1.03. The van der Waals surface area contributed by atoms with Gasteiger partial charge in [0.2, 0.25) is 0 Å². The van der Waals surface area contributed by atoms with Crippen molar-refractivity contribution in [3.8, 4) is 5.75 Å². The van der Waals surface area contributed by atoms with E-state index in [0.717, 1.165) is 16.9 Å². The van der Waals surface area contributed by atoms with E-state index in [1.54, 1.807) is 38.1 Å². The first-order chi connectivity index (χ1) is 16.9. The van der Waals surface area contributed by atoms with Crippen molar-refractivity contribution in [2.24, 2.45) is 0 Å². The van der Waals surface area contributed by atoms with E-state index in [2.05, 4.69) is 4.98 Å². The number of aromatic nitrogens is 1. The summed E-state index contributed by atoms with van der Waals surface area (Å²) in [6.07, 6.45) is 0.617. The molecule has 0 unspecified atom stereocenters. The van der Waals surface area contributed by atoms with Crippen molar-refractivity contribution in [3.05, 3.63) is 76.3 Å². The van der Waals surface area contributed by atoms with E-state index in [4.69, 9.17) is 14.2 Å². The molecule has 0 N–H and O–H groups in total. The van der Waals surface area contributed by atoms with Crippen molar-refractivity contribution >= 4 is 40.6 Å².